The van der Waals surface area contributed by atoms with Crippen LogP contribution in [0.5, 0.6) is 0 Å². The summed E-state index contributed by atoms with van der Waals surface area (Å²) >= 11 is 0. The van der Waals surface area contributed by atoms with Gasteiger partial charge in [0, 0.05) is 19.1 Å². The first-order valence-corrected chi connectivity index (χ1v) is 8.75. The molecule has 0 saturated carbocycles. The van der Waals surface area contributed by atoms with Crippen LogP contribution in [-0.2, 0) is 24.2 Å². The lowest BCUT2D eigenvalue weighted by Gasteiger charge is -2.29. The SMILES string of the molecule is COC(=O)CN(CC(=O)N(C)C1CCS(=O)(=O)C1)C(C)C. The zero-order valence-corrected chi connectivity index (χ0v) is 13.9. The van der Waals surface area contributed by atoms with Crippen LogP contribution in [0.1, 0.15) is 20.3 Å². The van der Waals surface area contributed by atoms with Crippen molar-refractivity contribution in [2.45, 2.75) is 32.4 Å². The van der Waals surface area contributed by atoms with Gasteiger partial charge in [-0.3, -0.25) is 14.5 Å². The van der Waals surface area contributed by atoms with Crippen LogP contribution in [0.2, 0.25) is 0 Å². The number of ether oxygens (including phenoxy) is 1. The fourth-order valence-corrected chi connectivity index (χ4v) is 4.00. The molecule has 0 aromatic rings. The maximum atomic E-state index is 12.3. The molecule has 1 amide bonds. The Hall–Kier alpha value is -1.15. The third kappa shape index (κ3) is 5.28. The monoisotopic (exact) mass is 320 g/mol. The summed E-state index contributed by atoms with van der Waals surface area (Å²) in [5, 5.41) is 0. The second kappa shape index (κ2) is 7.22. The van der Waals surface area contributed by atoms with Gasteiger partial charge in [0.1, 0.15) is 0 Å². The number of methoxy groups -OCH3 is 1. The normalized spacial score (nSPS) is 20.8. The molecule has 8 heteroatoms. The minimum Gasteiger partial charge on any atom is -0.468 e. The van der Waals surface area contributed by atoms with Gasteiger partial charge in [-0.2, -0.15) is 0 Å². The maximum absolute atomic E-state index is 12.3. The highest BCUT2D eigenvalue weighted by Crippen LogP contribution is 2.17. The van der Waals surface area contributed by atoms with Gasteiger partial charge in [0.2, 0.25) is 5.91 Å². The summed E-state index contributed by atoms with van der Waals surface area (Å²) in [4.78, 5) is 26.8. The van der Waals surface area contributed by atoms with E-state index in [2.05, 4.69) is 4.74 Å². The summed E-state index contributed by atoms with van der Waals surface area (Å²) in [6.07, 6.45) is 0.475. The maximum Gasteiger partial charge on any atom is 0.319 e. The molecule has 1 unspecified atom stereocenters. The van der Waals surface area contributed by atoms with Gasteiger partial charge in [-0.25, -0.2) is 8.42 Å². The van der Waals surface area contributed by atoms with Gasteiger partial charge in [0.05, 0.1) is 31.7 Å². The van der Waals surface area contributed by atoms with E-state index < -0.39 is 15.8 Å². The number of nitrogens with zero attached hydrogens (tertiary/aromatic N) is 2. The number of likely N-dealkylation sites (N-methyl/N-ethyl adjacent to an activating group) is 1. The number of carbonyl (C=O) groups excluding carboxylic acids is 2. The van der Waals surface area contributed by atoms with Crippen molar-refractivity contribution < 1.29 is 22.7 Å². The van der Waals surface area contributed by atoms with Crippen LogP contribution < -0.4 is 0 Å². The van der Waals surface area contributed by atoms with Crippen LogP contribution in [0.25, 0.3) is 0 Å². The Morgan fingerprint density at radius 1 is 1.29 bits per heavy atom. The molecule has 0 N–H and O–H groups in total. The van der Waals surface area contributed by atoms with Crippen molar-refractivity contribution >= 4 is 21.7 Å². The molecule has 0 aromatic carbocycles. The van der Waals surface area contributed by atoms with Gasteiger partial charge in [-0.1, -0.05) is 0 Å². The summed E-state index contributed by atoms with van der Waals surface area (Å²) in [5.41, 5.74) is 0. The van der Waals surface area contributed by atoms with Crippen molar-refractivity contribution in [1.82, 2.24) is 9.80 Å². The quantitative estimate of drug-likeness (QED) is 0.614. The van der Waals surface area contributed by atoms with Crippen LogP contribution in [-0.4, -0.2) is 80.9 Å². The summed E-state index contributed by atoms with van der Waals surface area (Å²) in [5.74, 6) is -0.434. The molecule has 0 aliphatic carbocycles. The number of esters is 1. The van der Waals surface area contributed by atoms with Crippen LogP contribution in [0, 0.1) is 0 Å². The molecular weight excluding hydrogens is 296 g/mol. The Bertz CT molecular complexity index is 489. The average molecular weight is 320 g/mol. The first kappa shape index (κ1) is 17.9. The second-order valence-electron chi connectivity index (χ2n) is 5.64. The molecule has 0 spiro atoms. The molecule has 122 valence electrons. The fourth-order valence-electron chi connectivity index (χ4n) is 2.22. The van der Waals surface area contributed by atoms with Crippen molar-refractivity contribution in [2.24, 2.45) is 0 Å². The molecule has 1 rings (SSSR count). The van der Waals surface area contributed by atoms with Crippen molar-refractivity contribution in [3.05, 3.63) is 0 Å². The van der Waals surface area contributed by atoms with E-state index in [1.54, 1.807) is 11.9 Å². The molecule has 7 nitrogen and oxygen atoms in total. The van der Waals surface area contributed by atoms with E-state index in [1.165, 1.54) is 12.0 Å². The molecule has 21 heavy (non-hydrogen) atoms. The minimum absolute atomic E-state index is 0.00811. The van der Waals surface area contributed by atoms with Gasteiger partial charge >= 0.3 is 5.97 Å². The molecule has 0 bridgehead atoms. The molecule has 1 atom stereocenters. The summed E-state index contributed by atoms with van der Waals surface area (Å²) < 4.78 is 27.6. The predicted octanol–water partition coefficient (Wildman–Crippen LogP) is -0.485. The smallest absolute Gasteiger partial charge is 0.319 e. The van der Waals surface area contributed by atoms with E-state index in [4.69, 9.17) is 0 Å². The summed E-state index contributed by atoms with van der Waals surface area (Å²) in [6, 6.07) is -0.261. The molecular formula is C13H24N2O5S. The molecule has 1 aliphatic heterocycles. The highest BCUT2D eigenvalue weighted by Gasteiger charge is 2.33. The van der Waals surface area contributed by atoms with Crippen molar-refractivity contribution in [1.29, 1.82) is 0 Å². The summed E-state index contributed by atoms with van der Waals surface area (Å²) in [7, 11) is -0.104. The highest BCUT2D eigenvalue weighted by atomic mass is 32.2. The van der Waals surface area contributed by atoms with Crippen LogP contribution in [0.4, 0.5) is 0 Å². The second-order valence-corrected chi connectivity index (χ2v) is 7.87. The Balaban J connectivity index is 2.62. The Kier molecular flexibility index (Phi) is 6.15. The molecule has 0 radical (unpaired) electrons. The van der Waals surface area contributed by atoms with E-state index in [-0.39, 0.29) is 42.6 Å². The number of carbonyl (C=O) groups is 2. The number of rotatable bonds is 6. The van der Waals surface area contributed by atoms with Gasteiger partial charge in [-0.05, 0) is 20.3 Å². The highest BCUT2D eigenvalue weighted by molar-refractivity contribution is 7.91. The Morgan fingerprint density at radius 3 is 2.33 bits per heavy atom. The van der Waals surface area contributed by atoms with E-state index in [9.17, 15) is 18.0 Å². The van der Waals surface area contributed by atoms with Crippen molar-refractivity contribution in [3.8, 4) is 0 Å². The molecule has 1 fully saturated rings. The zero-order valence-electron chi connectivity index (χ0n) is 13.0. The minimum atomic E-state index is -3.02. The van der Waals surface area contributed by atoms with Gasteiger partial charge < -0.3 is 9.64 Å². The topological polar surface area (TPSA) is 84.0 Å². The third-order valence-corrected chi connectivity index (χ3v) is 5.53. The average Bonchev–Trinajstić information content (AvgIpc) is 2.76. The number of hydrogen-bond donors (Lipinski definition) is 0. The van der Waals surface area contributed by atoms with E-state index in [1.807, 2.05) is 13.8 Å². The molecule has 1 saturated heterocycles. The standard InChI is InChI=1S/C13H24N2O5S/c1-10(2)15(8-13(17)20-4)7-12(16)14(3)11-5-6-21(18,19)9-11/h10-11H,5-9H2,1-4H3. The van der Waals surface area contributed by atoms with Crippen LogP contribution >= 0.6 is 0 Å². The van der Waals surface area contributed by atoms with E-state index >= 15 is 0 Å². The molecule has 1 heterocycles. The molecule has 0 aromatic heterocycles. The lowest BCUT2D eigenvalue weighted by molar-refractivity contribution is -0.143. The first-order chi connectivity index (χ1) is 9.66. The van der Waals surface area contributed by atoms with Crippen LogP contribution in [0.15, 0.2) is 0 Å². The zero-order chi connectivity index (χ0) is 16.2. The van der Waals surface area contributed by atoms with E-state index in [0.29, 0.717) is 6.42 Å². The third-order valence-electron chi connectivity index (χ3n) is 3.78. The van der Waals surface area contributed by atoms with Crippen LogP contribution in [0.3, 0.4) is 0 Å². The lowest BCUT2D eigenvalue weighted by atomic mass is 10.2. The molecule has 1 aliphatic rings. The fraction of sp³-hybridized carbons (Fsp3) is 0.846. The van der Waals surface area contributed by atoms with Gasteiger partial charge in [0.25, 0.3) is 0 Å². The largest absolute Gasteiger partial charge is 0.468 e. The van der Waals surface area contributed by atoms with Crippen molar-refractivity contribution in [2.75, 3.05) is 38.8 Å². The van der Waals surface area contributed by atoms with Gasteiger partial charge in [-0.15, -0.1) is 0 Å². The number of sulfone groups is 1. The summed E-state index contributed by atoms with van der Waals surface area (Å²) in [6.45, 7) is 3.88. The van der Waals surface area contributed by atoms with Crippen molar-refractivity contribution in [3.63, 3.8) is 0 Å². The Morgan fingerprint density at radius 2 is 1.90 bits per heavy atom. The number of amides is 1. The Labute approximate surface area is 126 Å². The number of hydrogen-bond acceptors (Lipinski definition) is 6. The van der Waals surface area contributed by atoms with Gasteiger partial charge in [0.15, 0.2) is 9.84 Å². The predicted molar refractivity (Wildman–Crippen MR) is 78.6 cm³/mol. The first-order valence-electron chi connectivity index (χ1n) is 6.93. The lowest BCUT2D eigenvalue weighted by Crippen LogP contribution is -2.47. The van der Waals surface area contributed by atoms with E-state index in [0.717, 1.165) is 0 Å².